The first-order valence-electron chi connectivity index (χ1n) is 7.03. The summed E-state index contributed by atoms with van der Waals surface area (Å²) >= 11 is 0. The van der Waals surface area contributed by atoms with Crippen LogP contribution in [0.1, 0.15) is 37.5 Å². The van der Waals surface area contributed by atoms with Crippen molar-refractivity contribution in [1.29, 1.82) is 0 Å². The number of rotatable bonds is 4. The molecule has 2 aromatic carbocycles. The minimum atomic E-state index is 1.09. The Balaban J connectivity index is 2.47. The summed E-state index contributed by atoms with van der Waals surface area (Å²) in [5, 5.41) is 0. The molecule has 2 aromatic rings. The van der Waals surface area contributed by atoms with E-state index in [-0.39, 0.29) is 0 Å². The zero-order chi connectivity index (χ0) is 13.8. The van der Waals surface area contributed by atoms with Crippen molar-refractivity contribution in [2.24, 2.45) is 0 Å². The van der Waals surface area contributed by atoms with Crippen LogP contribution in [0.3, 0.4) is 0 Å². The fourth-order valence-electron chi connectivity index (χ4n) is 2.44. The van der Waals surface area contributed by atoms with Crippen LogP contribution in [-0.2, 0) is 12.8 Å². The van der Waals surface area contributed by atoms with E-state index < -0.39 is 0 Å². The second kappa shape index (κ2) is 5.88. The van der Waals surface area contributed by atoms with Gasteiger partial charge in [-0.3, -0.25) is 0 Å². The highest BCUT2D eigenvalue weighted by Crippen LogP contribution is 2.26. The summed E-state index contributed by atoms with van der Waals surface area (Å²) in [7, 11) is 0. The van der Waals surface area contributed by atoms with Gasteiger partial charge in [-0.1, -0.05) is 62.4 Å². The topological polar surface area (TPSA) is 0 Å². The van der Waals surface area contributed by atoms with E-state index in [1.54, 1.807) is 0 Å². The van der Waals surface area contributed by atoms with Crippen molar-refractivity contribution >= 4 is 5.57 Å². The standard InChI is InChI=1S/C19H22/c1-5-15-10-11-19(12-16(15)6-2)18-9-7-8-17(13-18)14(3)4/h7-13H,3,5-6H2,1-2,4H3. The summed E-state index contributed by atoms with van der Waals surface area (Å²) in [6, 6.07) is 15.5. The summed E-state index contributed by atoms with van der Waals surface area (Å²) in [5.41, 5.74) is 7.83. The molecule has 0 aliphatic heterocycles. The van der Waals surface area contributed by atoms with E-state index in [2.05, 4.69) is 69.8 Å². The number of aryl methyl sites for hydroxylation is 2. The van der Waals surface area contributed by atoms with Crippen LogP contribution in [0.4, 0.5) is 0 Å². The van der Waals surface area contributed by atoms with Gasteiger partial charge in [0.15, 0.2) is 0 Å². The van der Waals surface area contributed by atoms with Crippen LogP contribution in [0, 0.1) is 0 Å². The van der Waals surface area contributed by atoms with Crippen LogP contribution in [0.5, 0.6) is 0 Å². The van der Waals surface area contributed by atoms with Gasteiger partial charge in [-0.15, -0.1) is 0 Å². The fourth-order valence-corrected chi connectivity index (χ4v) is 2.44. The highest BCUT2D eigenvalue weighted by Gasteiger charge is 2.04. The Labute approximate surface area is 116 Å². The zero-order valence-electron chi connectivity index (χ0n) is 12.2. The normalized spacial score (nSPS) is 10.5. The predicted octanol–water partition coefficient (Wildman–Crippen LogP) is 5.51. The average Bonchev–Trinajstić information content (AvgIpc) is 2.46. The van der Waals surface area contributed by atoms with Crippen molar-refractivity contribution in [3.05, 3.63) is 65.7 Å². The number of hydrogen-bond acceptors (Lipinski definition) is 0. The zero-order valence-corrected chi connectivity index (χ0v) is 12.2. The second-order valence-corrected chi connectivity index (χ2v) is 5.05. The van der Waals surface area contributed by atoms with Gasteiger partial charge >= 0.3 is 0 Å². The third kappa shape index (κ3) is 2.96. The molecule has 0 radical (unpaired) electrons. The van der Waals surface area contributed by atoms with E-state index in [4.69, 9.17) is 0 Å². The maximum Gasteiger partial charge on any atom is -0.0178 e. The molecular formula is C19H22. The maximum atomic E-state index is 4.02. The fraction of sp³-hybridized carbons (Fsp3) is 0.263. The summed E-state index contributed by atoms with van der Waals surface area (Å²) in [6.07, 6.45) is 2.20. The molecular weight excluding hydrogens is 228 g/mol. The molecule has 0 atom stereocenters. The third-order valence-corrected chi connectivity index (χ3v) is 3.66. The molecule has 0 fully saturated rings. The quantitative estimate of drug-likeness (QED) is 0.671. The number of benzene rings is 2. The molecule has 0 N–H and O–H groups in total. The van der Waals surface area contributed by atoms with Crippen LogP contribution in [0.25, 0.3) is 16.7 Å². The first-order valence-corrected chi connectivity index (χ1v) is 7.03. The molecule has 0 spiro atoms. The Morgan fingerprint density at radius 2 is 1.58 bits per heavy atom. The summed E-state index contributed by atoms with van der Waals surface area (Å²) in [5.74, 6) is 0. The maximum absolute atomic E-state index is 4.02. The van der Waals surface area contributed by atoms with E-state index in [1.165, 1.54) is 27.8 Å². The van der Waals surface area contributed by atoms with E-state index >= 15 is 0 Å². The van der Waals surface area contributed by atoms with Crippen molar-refractivity contribution in [3.63, 3.8) is 0 Å². The molecule has 98 valence electrons. The van der Waals surface area contributed by atoms with Crippen molar-refractivity contribution in [2.45, 2.75) is 33.6 Å². The SMILES string of the molecule is C=C(C)c1cccc(-c2ccc(CC)c(CC)c2)c1. The Hall–Kier alpha value is -1.82. The van der Waals surface area contributed by atoms with Gasteiger partial charge in [0.25, 0.3) is 0 Å². The lowest BCUT2D eigenvalue weighted by atomic mass is 9.95. The molecule has 0 bridgehead atoms. The molecule has 0 saturated heterocycles. The highest BCUT2D eigenvalue weighted by molar-refractivity contribution is 5.71. The molecule has 0 heteroatoms. The second-order valence-electron chi connectivity index (χ2n) is 5.05. The minimum Gasteiger partial charge on any atom is -0.0955 e. The van der Waals surface area contributed by atoms with Gasteiger partial charge in [-0.05, 0) is 53.6 Å². The first kappa shape index (κ1) is 13.6. The Bertz CT molecular complexity index is 591. The lowest BCUT2D eigenvalue weighted by Gasteiger charge is -2.10. The molecule has 0 aromatic heterocycles. The molecule has 0 unspecified atom stereocenters. The monoisotopic (exact) mass is 250 g/mol. The molecule has 0 nitrogen and oxygen atoms in total. The van der Waals surface area contributed by atoms with Gasteiger partial charge in [-0.2, -0.15) is 0 Å². The average molecular weight is 250 g/mol. The van der Waals surface area contributed by atoms with Crippen LogP contribution in [0.15, 0.2) is 49.0 Å². The molecule has 0 aliphatic rings. The highest BCUT2D eigenvalue weighted by atomic mass is 14.1. The predicted molar refractivity (Wildman–Crippen MR) is 85.3 cm³/mol. The van der Waals surface area contributed by atoms with Crippen LogP contribution >= 0.6 is 0 Å². The minimum absolute atomic E-state index is 1.09. The van der Waals surface area contributed by atoms with E-state index in [9.17, 15) is 0 Å². The molecule has 19 heavy (non-hydrogen) atoms. The summed E-state index contributed by atoms with van der Waals surface area (Å²) in [6.45, 7) is 10.5. The van der Waals surface area contributed by atoms with Gasteiger partial charge in [0.05, 0.1) is 0 Å². The Kier molecular flexibility index (Phi) is 4.21. The van der Waals surface area contributed by atoms with Gasteiger partial charge in [0.1, 0.15) is 0 Å². The molecule has 0 amide bonds. The number of allylic oxidation sites excluding steroid dienone is 1. The van der Waals surface area contributed by atoms with Crippen LogP contribution < -0.4 is 0 Å². The van der Waals surface area contributed by atoms with Gasteiger partial charge < -0.3 is 0 Å². The molecule has 0 aliphatic carbocycles. The largest absolute Gasteiger partial charge is 0.0955 e. The number of hydrogen-bond donors (Lipinski definition) is 0. The molecule has 0 saturated carbocycles. The summed E-state index contributed by atoms with van der Waals surface area (Å²) < 4.78 is 0. The third-order valence-electron chi connectivity index (χ3n) is 3.66. The molecule has 0 heterocycles. The Morgan fingerprint density at radius 3 is 2.21 bits per heavy atom. The molecule has 2 rings (SSSR count). The van der Waals surface area contributed by atoms with Crippen molar-refractivity contribution in [1.82, 2.24) is 0 Å². The van der Waals surface area contributed by atoms with E-state index in [0.29, 0.717) is 0 Å². The Morgan fingerprint density at radius 1 is 0.895 bits per heavy atom. The first-order chi connectivity index (χ1) is 9.15. The van der Waals surface area contributed by atoms with E-state index in [1.807, 2.05) is 0 Å². The lowest BCUT2D eigenvalue weighted by Crippen LogP contribution is -1.92. The lowest BCUT2D eigenvalue weighted by molar-refractivity contribution is 1.04. The van der Waals surface area contributed by atoms with Crippen molar-refractivity contribution in [3.8, 4) is 11.1 Å². The van der Waals surface area contributed by atoms with Crippen molar-refractivity contribution in [2.75, 3.05) is 0 Å². The van der Waals surface area contributed by atoms with Crippen LogP contribution in [0.2, 0.25) is 0 Å². The van der Waals surface area contributed by atoms with Gasteiger partial charge in [0, 0.05) is 0 Å². The van der Waals surface area contributed by atoms with Crippen molar-refractivity contribution < 1.29 is 0 Å². The van der Waals surface area contributed by atoms with E-state index in [0.717, 1.165) is 18.4 Å². The smallest absolute Gasteiger partial charge is 0.0178 e. The summed E-state index contributed by atoms with van der Waals surface area (Å²) in [4.78, 5) is 0. The van der Waals surface area contributed by atoms with Gasteiger partial charge in [0.2, 0.25) is 0 Å². The van der Waals surface area contributed by atoms with Crippen LogP contribution in [-0.4, -0.2) is 0 Å². The van der Waals surface area contributed by atoms with Gasteiger partial charge in [-0.25, -0.2) is 0 Å².